The molecule has 58 heavy (non-hydrogen) atoms. The summed E-state index contributed by atoms with van der Waals surface area (Å²) in [4.78, 5) is 36.4. The molecule has 0 unspecified atom stereocenters. The molecule has 0 fully saturated rings. The van der Waals surface area contributed by atoms with E-state index in [9.17, 15) is 9.59 Å². The average molecular weight is 855 g/mol. The number of benzene rings is 1. The summed E-state index contributed by atoms with van der Waals surface area (Å²) >= 11 is 7.49. The monoisotopic (exact) mass is 854 g/mol. The lowest BCUT2D eigenvalue weighted by Gasteiger charge is -2.09. The van der Waals surface area contributed by atoms with Crippen molar-refractivity contribution in [2.45, 2.75) is 182 Å². The average Bonchev–Trinajstić information content (AvgIpc) is 4.07. The number of carbonyl (C=O) groups is 2. The van der Waals surface area contributed by atoms with Crippen molar-refractivity contribution < 1.29 is 9.59 Å². The zero-order valence-electron chi connectivity index (χ0n) is 36.2. The van der Waals surface area contributed by atoms with Gasteiger partial charge in [-0.1, -0.05) is 130 Å². The molecule has 0 saturated heterocycles. The highest BCUT2D eigenvalue weighted by atomic mass is 32.1. The van der Waals surface area contributed by atoms with E-state index in [1.807, 2.05) is 34.8 Å². The Morgan fingerprint density at radius 3 is 1.10 bits per heavy atom. The van der Waals surface area contributed by atoms with E-state index in [-0.39, 0.29) is 0 Å². The molecule has 4 heterocycles. The summed E-state index contributed by atoms with van der Waals surface area (Å²) in [5, 5.41) is 0. The van der Waals surface area contributed by atoms with Crippen molar-refractivity contribution in [2.75, 3.05) is 0 Å². The summed E-state index contributed by atoms with van der Waals surface area (Å²) in [5.41, 5.74) is 5.84. The minimum absolute atomic E-state index is 0.665. The van der Waals surface area contributed by atoms with Gasteiger partial charge in [0, 0.05) is 61.3 Å². The van der Waals surface area contributed by atoms with Crippen molar-refractivity contribution in [1.29, 1.82) is 0 Å². The highest BCUT2D eigenvalue weighted by Crippen LogP contribution is 2.46. The first-order chi connectivity index (χ1) is 28.5. The van der Waals surface area contributed by atoms with E-state index in [4.69, 9.17) is 0 Å². The molecule has 0 aliphatic carbocycles. The number of hydrogen-bond acceptors (Lipinski definition) is 6. The van der Waals surface area contributed by atoms with Gasteiger partial charge in [0.25, 0.3) is 0 Å². The fourth-order valence-electron chi connectivity index (χ4n) is 8.08. The van der Waals surface area contributed by atoms with E-state index in [1.54, 1.807) is 22.7 Å². The third-order valence-corrected chi connectivity index (χ3v) is 16.6. The van der Waals surface area contributed by atoms with E-state index in [0.29, 0.717) is 11.1 Å². The second kappa shape index (κ2) is 25.9. The van der Waals surface area contributed by atoms with Gasteiger partial charge in [0.15, 0.2) is 12.6 Å². The van der Waals surface area contributed by atoms with Crippen LogP contribution in [0, 0.1) is 0 Å². The molecule has 0 aliphatic heterocycles. The Bertz CT molecular complexity index is 1810. The van der Waals surface area contributed by atoms with Gasteiger partial charge in [-0.3, -0.25) is 9.59 Å². The Labute approximate surface area is 367 Å². The van der Waals surface area contributed by atoms with Crippen LogP contribution in [0.2, 0.25) is 0 Å². The Balaban J connectivity index is 1.43. The predicted octanol–water partition coefficient (Wildman–Crippen LogP) is 18.3. The molecule has 314 valence electrons. The Kier molecular flexibility index (Phi) is 20.7. The molecule has 0 bridgehead atoms. The molecule has 0 saturated carbocycles. The first kappa shape index (κ1) is 46.4. The standard InChI is InChI=1S/C52H70O2S4/c1-5-9-13-17-19-23-27-43-29-31-47(55-43)51-39(25-21-15-11-7-3)35-49(57-51)45-33-42(38-54)46(34-41(45)37-53)50-36-40(26-22-16-12-8-4)52(58-50)48-32-30-44(56-48)28-24-20-18-14-10-6-2/h29-38H,5-28H2,1-4H3. The Morgan fingerprint density at radius 2 is 0.724 bits per heavy atom. The third-order valence-electron chi connectivity index (χ3n) is 11.5. The van der Waals surface area contributed by atoms with Crippen LogP contribution >= 0.6 is 45.3 Å². The fraction of sp³-hybridized carbons (Fsp3) is 0.538. The smallest absolute Gasteiger partial charge is 0.150 e. The first-order valence-corrected chi connectivity index (χ1v) is 26.3. The largest absolute Gasteiger partial charge is 0.298 e. The molecule has 1 aromatic carbocycles. The molecule has 5 aromatic rings. The summed E-state index contributed by atoms with van der Waals surface area (Å²) in [6.07, 6.45) is 31.9. The van der Waals surface area contributed by atoms with Gasteiger partial charge in [-0.05, 0) is 111 Å². The van der Waals surface area contributed by atoms with Crippen LogP contribution in [0.4, 0.5) is 0 Å². The van der Waals surface area contributed by atoms with Gasteiger partial charge in [-0.15, -0.1) is 45.3 Å². The summed E-state index contributed by atoms with van der Waals surface area (Å²) in [6.45, 7) is 9.09. The third kappa shape index (κ3) is 13.7. The highest BCUT2D eigenvalue weighted by Gasteiger charge is 2.21. The molecule has 2 nitrogen and oxygen atoms in total. The van der Waals surface area contributed by atoms with Crippen LogP contribution in [0.25, 0.3) is 40.4 Å². The fourth-order valence-corrected chi connectivity index (χ4v) is 13.0. The van der Waals surface area contributed by atoms with Gasteiger partial charge in [0.2, 0.25) is 0 Å². The molecule has 0 spiro atoms. The molecule has 0 radical (unpaired) electrons. The SMILES string of the molecule is CCCCCCCCc1ccc(-c2sc(-c3cc(C=O)c(-c4cc(CCCCCC)c(-c5ccc(CCCCCCCC)s5)s4)cc3C=O)cc2CCCCCC)s1. The van der Waals surface area contributed by atoms with E-state index in [2.05, 4.69) is 64.1 Å². The van der Waals surface area contributed by atoms with Crippen LogP contribution in [-0.4, -0.2) is 12.6 Å². The van der Waals surface area contributed by atoms with Gasteiger partial charge < -0.3 is 0 Å². The number of carbonyl (C=O) groups excluding carboxylic acids is 2. The maximum Gasteiger partial charge on any atom is 0.150 e. The number of aryl methyl sites for hydroxylation is 4. The van der Waals surface area contributed by atoms with Crippen LogP contribution in [-0.2, 0) is 25.7 Å². The van der Waals surface area contributed by atoms with E-state index >= 15 is 0 Å². The van der Waals surface area contributed by atoms with E-state index in [1.165, 1.54) is 169 Å². The van der Waals surface area contributed by atoms with Crippen molar-refractivity contribution in [2.24, 2.45) is 0 Å². The number of aldehydes is 2. The lowest BCUT2D eigenvalue weighted by atomic mass is 9.96. The minimum atomic E-state index is 0.665. The normalized spacial score (nSPS) is 11.5. The van der Waals surface area contributed by atoms with Crippen LogP contribution in [0.15, 0.2) is 48.5 Å². The number of hydrogen-bond donors (Lipinski definition) is 0. The lowest BCUT2D eigenvalue weighted by molar-refractivity contribution is 0.111. The van der Waals surface area contributed by atoms with Crippen LogP contribution in [0.3, 0.4) is 0 Å². The lowest BCUT2D eigenvalue weighted by Crippen LogP contribution is -1.94. The molecule has 5 rings (SSSR count). The van der Waals surface area contributed by atoms with E-state index < -0.39 is 0 Å². The topological polar surface area (TPSA) is 34.1 Å². The molecule has 0 amide bonds. The maximum atomic E-state index is 13.0. The number of unbranched alkanes of at least 4 members (excludes halogenated alkanes) is 16. The zero-order valence-corrected chi connectivity index (χ0v) is 39.5. The van der Waals surface area contributed by atoms with Crippen molar-refractivity contribution in [3.05, 3.63) is 80.5 Å². The Morgan fingerprint density at radius 1 is 0.379 bits per heavy atom. The quantitative estimate of drug-likeness (QED) is 0.0341. The van der Waals surface area contributed by atoms with Gasteiger partial charge in [0.1, 0.15) is 0 Å². The van der Waals surface area contributed by atoms with Crippen molar-refractivity contribution in [3.63, 3.8) is 0 Å². The summed E-state index contributed by atoms with van der Waals surface area (Å²) in [6, 6.07) is 18.0. The minimum Gasteiger partial charge on any atom is -0.298 e. The van der Waals surface area contributed by atoms with Crippen molar-refractivity contribution in [3.8, 4) is 40.4 Å². The van der Waals surface area contributed by atoms with Crippen LogP contribution in [0.1, 0.15) is 198 Å². The second-order valence-electron chi connectivity index (χ2n) is 16.4. The van der Waals surface area contributed by atoms with Gasteiger partial charge in [-0.25, -0.2) is 0 Å². The summed E-state index contributed by atoms with van der Waals surface area (Å²) < 4.78 is 0. The second-order valence-corrected chi connectivity index (χ2v) is 20.8. The molecule has 4 aromatic heterocycles. The van der Waals surface area contributed by atoms with Gasteiger partial charge in [0.05, 0.1) is 0 Å². The van der Waals surface area contributed by atoms with Crippen molar-refractivity contribution >= 4 is 57.9 Å². The molecule has 0 N–H and O–H groups in total. The highest BCUT2D eigenvalue weighted by molar-refractivity contribution is 7.24. The molecule has 0 atom stereocenters. The van der Waals surface area contributed by atoms with Crippen molar-refractivity contribution in [1.82, 2.24) is 0 Å². The van der Waals surface area contributed by atoms with Gasteiger partial charge >= 0.3 is 0 Å². The number of thiophene rings is 4. The summed E-state index contributed by atoms with van der Waals surface area (Å²) in [5.74, 6) is 0. The van der Waals surface area contributed by atoms with Crippen LogP contribution < -0.4 is 0 Å². The molecular weight excluding hydrogens is 785 g/mol. The van der Waals surface area contributed by atoms with E-state index in [0.717, 1.165) is 59.1 Å². The maximum absolute atomic E-state index is 13.0. The predicted molar refractivity (Wildman–Crippen MR) is 260 cm³/mol. The van der Waals surface area contributed by atoms with Gasteiger partial charge in [-0.2, -0.15) is 0 Å². The molecular formula is C52H70O2S4. The first-order valence-electron chi connectivity index (χ1n) is 23.1. The zero-order chi connectivity index (χ0) is 41.0. The summed E-state index contributed by atoms with van der Waals surface area (Å²) in [7, 11) is 0. The Hall–Kier alpha value is -2.64. The van der Waals surface area contributed by atoms with Crippen LogP contribution in [0.5, 0.6) is 0 Å². The molecule has 6 heteroatoms. The molecule has 0 aliphatic rings. The number of rotatable bonds is 30.